The van der Waals surface area contributed by atoms with E-state index in [-0.39, 0.29) is 12.0 Å². The van der Waals surface area contributed by atoms with Crippen LogP contribution < -0.4 is 0 Å². The fourth-order valence-corrected chi connectivity index (χ4v) is 2.54. The lowest BCUT2D eigenvalue weighted by atomic mass is 9.98. The number of amides is 1. The van der Waals surface area contributed by atoms with Gasteiger partial charge in [0.05, 0.1) is 17.5 Å². The van der Waals surface area contributed by atoms with Gasteiger partial charge in [0, 0.05) is 26.1 Å². The van der Waals surface area contributed by atoms with Crippen molar-refractivity contribution < 1.29 is 19.2 Å². The smallest absolute Gasteiger partial charge is 0.410 e. The molecule has 1 rings (SSSR count). The van der Waals surface area contributed by atoms with Gasteiger partial charge in [-0.2, -0.15) is 5.26 Å². The van der Waals surface area contributed by atoms with E-state index in [1.54, 1.807) is 9.96 Å². The summed E-state index contributed by atoms with van der Waals surface area (Å²) in [4.78, 5) is 31.9. The van der Waals surface area contributed by atoms with E-state index >= 15 is 0 Å². The van der Waals surface area contributed by atoms with Crippen molar-refractivity contribution in [1.82, 2.24) is 9.96 Å². The monoisotopic (exact) mass is 367 g/mol. The van der Waals surface area contributed by atoms with Crippen molar-refractivity contribution >= 4 is 12.1 Å². The van der Waals surface area contributed by atoms with Crippen LogP contribution in [-0.2, 0) is 14.4 Å². The highest BCUT2D eigenvalue weighted by Gasteiger charge is 2.34. The van der Waals surface area contributed by atoms with Crippen molar-refractivity contribution in [2.24, 2.45) is 5.41 Å². The van der Waals surface area contributed by atoms with Gasteiger partial charge in [-0.15, -0.1) is 5.06 Å². The molecule has 0 bridgehead atoms. The molecule has 1 aliphatic heterocycles. The molecule has 0 aromatic carbocycles. The summed E-state index contributed by atoms with van der Waals surface area (Å²) < 4.78 is 5.49. The molecule has 148 valence electrons. The van der Waals surface area contributed by atoms with E-state index in [1.165, 1.54) is 0 Å². The molecule has 1 atom stereocenters. The number of unbranched alkanes of at least 4 members (excludes halogenated alkanes) is 1. The minimum Gasteiger partial charge on any atom is -0.444 e. The van der Waals surface area contributed by atoms with Gasteiger partial charge in [-0.05, 0) is 60.8 Å². The Morgan fingerprint density at radius 1 is 1.23 bits per heavy atom. The number of nitrogens with zero attached hydrogens (tertiary/aromatic N) is 3. The normalized spacial score (nSPS) is 18.3. The number of hydrogen-bond donors (Lipinski definition) is 0. The molecule has 7 heteroatoms. The first kappa shape index (κ1) is 22.2. The molecule has 1 amide bonds. The third-order valence-electron chi connectivity index (χ3n) is 3.94. The van der Waals surface area contributed by atoms with Crippen LogP contribution in [0.1, 0.15) is 67.2 Å². The zero-order valence-corrected chi connectivity index (χ0v) is 17.0. The Kier molecular flexibility index (Phi) is 7.88. The summed E-state index contributed by atoms with van der Waals surface area (Å²) in [5.74, 6) is -0.280. The van der Waals surface area contributed by atoms with Gasteiger partial charge in [0.25, 0.3) is 0 Å². The van der Waals surface area contributed by atoms with Gasteiger partial charge >= 0.3 is 12.1 Å². The molecule has 0 radical (unpaired) electrons. The molecule has 1 aliphatic rings. The van der Waals surface area contributed by atoms with Crippen LogP contribution in [-0.4, -0.2) is 53.3 Å². The Labute approximate surface area is 157 Å². The van der Waals surface area contributed by atoms with Crippen molar-refractivity contribution in [3.63, 3.8) is 0 Å². The third kappa shape index (κ3) is 7.61. The van der Waals surface area contributed by atoms with Gasteiger partial charge in [-0.3, -0.25) is 0 Å². The first-order chi connectivity index (χ1) is 11.9. The van der Waals surface area contributed by atoms with Crippen LogP contribution in [0.3, 0.4) is 0 Å². The molecule has 26 heavy (non-hydrogen) atoms. The van der Waals surface area contributed by atoms with Gasteiger partial charge in [-0.25, -0.2) is 9.59 Å². The van der Waals surface area contributed by atoms with Crippen LogP contribution in [0.25, 0.3) is 0 Å². The summed E-state index contributed by atoms with van der Waals surface area (Å²) >= 11 is 0. The zero-order valence-electron chi connectivity index (χ0n) is 17.0. The Morgan fingerprint density at radius 3 is 2.42 bits per heavy atom. The molecule has 0 N–H and O–H groups in total. The van der Waals surface area contributed by atoms with E-state index in [0.717, 1.165) is 12.8 Å². The van der Waals surface area contributed by atoms with Gasteiger partial charge in [0.2, 0.25) is 0 Å². The van der Waals surface area contributed by atoms with E-state index < -0.39 is 17.1 Å². The molecular formula is C19H33N3O4. The summed E-state index contributed by atoms with van der Waals surface area (Å²) in [6.07, 6.45) is 2.32. The highest BCUT2D eigenvalue weighted by Crippen LogP contribution is 2.23. The largest absolute Gasteiger partial charge is 0.444 e. The minimum atomic E-state index is -0.585. The lowest BCUT2D eigenvalue weighted by molar-refractivity contribution is -0.205. The molecule has 1 fully saturated rings. The molecule has 7 nitrogen and oxygen atoms in total. The molecule has 0 aliphatic carbocycles. The Balaban J connectivity index is 2.76. The van der Waals surface area contributed by atoms with Crippen molar-refractivity contribution in [2.45, 2.75) is 78.9 Å². The highest BCUT2D eigenvalue weighted by atomic mass is 16.7. The van der Waals surface area contributed by atoms with E-state index in [2.05, 4.69) is 6.07 Å². The van der Waals surface area contributed by atoms with Crippen LogP contribution in [0, 0.1) is 16.7 Å². The fraction of sp³-hybridized carbons (Fsp3) is 0.842. The van der Waals surface area contributed by atoms with E-state index in [0.29, 0.717) is 32.5 Å². The molecule has 0 spiro atoms. The van der Waals surface area contributed by atoms with Crippen molar-refractivity contribution in [1.29, 1.82) is 5.26 Å². The average Bonchev–Trinajstić information content (AvgIpc) is 2.90. The number of carbonyl (C=O) groups excluding carboxylic acids is 2. The lowest BCUT2D eigenvalue weighted by Crippen LogP contribution is -2.46. The minimum absolute atomic E-state index is 0.0593. The third-order valence-corrected chi connectivity index (χ3v) is 3.94. The van der Waals surface area contributed by atoms with Crippen LogP contribution in [0.5, 0.6) is 0 Å². The SMILES string of the molecule is CC(C)(C)OC(=O)N(CCCC#N)C[C@H]1CCCN1OC(=O)C(C)(C)C. The quantitative estimate of drug-likeness (QED) is 0.668. The van der Waals surface area contributed by atoms with Crippen LogP contribution in [0.15, 0.2) is 0 Å². The maximum Gasteiger partial charge on any atom is 0.410 e. The van der Waals surface area contributed by atoms with Crippen LogP contribution >= 0.6 is 0 Å². The summed E-state index contributed by atoms with van der Waals surface area (Å²) in [6, 6.07) is 2.04. The predicted octanol–water partition coefficient (Wildman–Crippen LogP) is 3.50. The molecule has 0 aromatic heterocycles. The van der Waals surface area contributed by atoms with Crippen molar-refractivity contribution in [2.75, 3.05) is 19.6 Å². The summed E-state index contributed by atoms with van der Waals surface area (Å²) in [5.41, 5.74) is -1.16. The number of carbonyl (C=O) groups is 2. The van der Waals surface area contributed by atoms with Crippen LogP contribution in [0.4, 0.5) is 4.79 Å². The molecule has 0 aromatic rings. The maximum atomic E-state index is 12.5. The molecule has 0 saturated carbocycles. The molecular weight excluding hydrogens is 334 g/mol. The second-order valence-corrected chi connectivity index (χ2v) is 8.75. The first-order valence-electron chi connectivity index (χ1n) is 9.28. The fourth-order valence-electron chi connectivity index (χ4n) is 2.54. The Morgan fingerprint density at radius 2 is 1.88 bits per heavy atom. The van der Waals surface area contributed by atoms with E-state index in [1.807, 2.05) is 41.5 Å². The average molecular weight is 367 g/mol. The van der Waals surface area contributed by atoms with E-state index in [4.69, 9.17) is 14.8 Å². The zero-order chi connectivity index (χ0) is 20.0. The Hall–Kier alpha value is -1.81. The number of rotatable bonds is 6. The molecule has 1 saturated heterocycles. The molecule has 1 heterocycles. The standard InChI is InChI=1S/C19H33N3O4/c1-18(2,3)16(23)26-22-13-9-10-15(22)14-21(12-8-7-11-20)17(24)25-19(4,5)6/h15H,7-10,12-14H2,1-6H3/t15-/m1/s1. The second kappa shape index (κ2) is 9.22. The lowest BCUT2D eigenvalue weighted by Gasteiger charge is -2.32. The van der Waals surface area contributed by atoms with Gasteiger partial charge in [0.15, 0.2) is 0 Å². The number of nitriles is 1. The first-order valence-corrected chi connectivity index (χ1v) is 9.28. The second-order valence-electron chi connectivity index (χ2n) is 8.75. The van der Waals surface area contributed by atoms with Crippen LogP contribution in [0.2, 0.25) is 0 Å². The number of hydrogen-bond acceptors (Lipinski definition) is 6. The van der Waals surface area contributed by atoms with Gasteiger partial charge in [0.1, 0.15) is 5.60 Å². The van der Waals surface area contributed by atoms with Crippen molar-refractivity contribution in [3.8, 4) is 6.07 Å². The van der Waals surface area contributed by atoms with Gasteiger partial charge in [-0.1, -0.05) is 0 Å². The highest BCUT2D eigenvalue weighted by molar-refractivity contribution is 5.75. The van der Waals surface area contributed by atoms with E-state index in [9.17, 15) is 9.59 Å². The molecule has 0 unspecified atom stereocenters. The summed E-state index contributed by atoms with van der Waals surface area (Å²) in [7, 11) is 0. The number of ether oxygens (including phenoxy) is 1. The predicted molar refractivity (Wildman–Crippen MR) is 97.9 cm³/mol. The summed E-state index contributed by atoms with van der Waals surface area (Å²) in [6.45, 7) is 12.4. The van der Waals surface area contributed by atoms with Crippen molar-refractivity contribution in [3.05, 3.63) is 0 Å². The van der Waals surface area contributed by atoms with Gasteiger partial charge < -0.3 is 14.5 Å². The topological polar surface area (TPSA) is 82.9 Å². The maximum absolute atomic E-state index is 12.5. The summed E-state index contributed by atoms with van der Waals surface area (Å²) in [5, 5.41) is 10.4. The Bertz CT molecular complexity index is 528. The number of hydroxylamine groups is 2.